The van der Waals surface area contributed by atoms with Gasteiger partial charge in [0, 0.05) is 37.8 Å². The predicted octanol–water partition coefficient (Wildman–Crippen LogP) is 2.42. The molecule has 1 aromatic rings. The Labute approximate surface area is 183 Å². The first-order valence-electron chi connectivity index (χ1n) is 11.3. The van der Waals surface area contributed by atoms with Crippen LogP contribution in [-0.2, 0) is 9.59 Å². The van der Waals surface area contributed by atoms with E-state index in [9.17, 15) is 14.4 Å². The number of carbonyl (C=O) groups excluding carboxylic acids is 3. The van der Waals surface area contributed by atoms with E-state index in [0.717, 1.165) is 56.6 Å². The van der Waals surface area contributed by atoms with E-state index in [-0.39, 0.29) is 36.9 Å². The highest BCUT2D eigenvalue weighted by atomic mass is 16.5. The van der Waals surface area contributed by atoms with Gasteiger partial charge in [-0.2, -0.15) is 0 Å². The number of nitrogens with one attached hydrogen (secondary N) is 2. The molecule has 4 amide bonds. The molecular formula is C23H32N4O4. The molecule has 2 heterocycles. The Bertz CT molecular complexity index is 811. The summed E-state index contributed by atoms with van der Waals surface area (Å²) in [6.45, 7) is 1.88. The zero-order valence-corrected chi connectivity index (χ0v) is 18.2. The molecule has 31 heavy (non-hydrogen) atoms. The van der Waals surface area contributed by atoms with Crippen LogP contribution in [-0.4, -0.2) is 61.1 Å². The molecule has 0 aromatic heterocycles. The van der Waals surface area contributed by atoms with Crippen molar-refractivity contribution in [2.75, 3.05) is 31.6 Å². The summed E-state index contributed by atoms with van der Waals surface area (Å²) >= 11 is 0. The summed E-state index contributed by atoms with van der Waals surface area (Å²) in [6, 6.07) is 7.78. The smallest absolute Gasteiger partial charge is 0.325 e. The third kappa shape index (κ3) is 4.62. The second kappa shape index (κ2) is 9.16. The van der Waals surface area contributed by atoms with Crippen molar-refractivity contribution in [2.45, 2.75) is 62.9 Å². The van der Waals surface area contributed by atoms with E-state index >= 15 is 0 Å². The molecule has 2 aliphatic heterocycles. The van der Waals surface area contributed by atoms with Gasteiger partial charge in [-0.25, -0.2) is 4.79 Å². The second-order valence-electron chi connectivity index (χ2n) is 8.81. The molecule has 3 fully saturated rings. The number of rotatable bonds is 6. The first kappa shape index (κ1) is 21.5. The minimum absolute atomic E-state index is 0.104. The fourth-order valence-electron chi connectivity index (χ4n) is 4.96. The van der Waals surface area contributed by atoms with Crippen LogP contribution in [0.15, 0.2) is 24.3 Å². The van der Waals surface area contributed by atoms with Crippen molar-refractivity contribution in [1.82, 2.24) is 15.5 Å². The number of urea groups is 1. The van der Waals surface area contributed by atoms with Gasteiger partial charge in [-0.1, -0.05) is 19.3 Å². The van der Waals surface area contributed by atoms with Crippen molar-refractivity contribution in [3.8, 4) is 5.75 Å². The number of amides is 4. The third-order valence-electron chi connectivity index (χ3n) is 6.81. The van der Waals surface area contributed by atoms with Crippen LogP contribution in [0.1, 0.15) is 51.4 Å². The van der Waals surface area contributed by atoms with Crippen molar-refractivity contribution in [3.05, 3.63) is 24.3 Å². The highest BCUT2D eigenvalue weighted by molar-refractivity contribution is 6.07. The molecule has 1 saturated carbocycles. The van der Waals surface area contributed by atoms with E-state index < -0.39 is 5.54 Å². The van der Waals surface area contributed by atoms with E-state index in [1.807, 2.05) is 12.1 Å². The van der Waals surface area contributed by atoms with Gasteiger partial charge >= 0.3 is 6.03 Å². The largest absolute Gasteiger partial charge is 0.497 e. The number of piperidine rings is 1. The summed E-state index contributed by atoms with van der Waals surface area (Å²) in [5, 5.41) is 5.97. The fraction of sp³-hybridized carbons (Fsp3) is 0.609. The van der Waals surface area contributed by atoms with E-state index in [0.29, 0.717) is 12.8 Å². The lowest BCUT2D eigenvalue weighted by Gasteiger charge is -2.34. The summed E-state index contributed by atoms with van der Waals surface area (Å²) in [5.74, 6) is 0.580. The Morgan fingerprint density at radius 3 is 2.45 bits per heavy atom. The number of anilines is 1. The number of benzene rings is 1. The maximum absolute atomic E-state index is 12.8. The molecule has 1 spiro atoms. The van der Waals surface area contributed by atoms with Crippen LogP contribution >= 0.6 is 0 Å². The second-order valence-corrected chi connectivity index (χ2v) is 8.81. The number of carbonyl (C=O) groups is 3. The van der Waals surface area contributed by atoms with Crippen LogP contribution in [0.25, 0.3) is 0 Å². The lowest BCUT2D eigenvalue weighted by Crippen LogP contribution is -2.48. The molecule has 2 saturated heterocycles. The quantitative estimate of drug-likeness (QED) is 0.679. The summed E-state index contributed by atoms with van der Waals surface area (Å²) in [4.78, 5) is 41.1. The third-order valence-corrected chi connectivity index (χ3v) is 6.81. The van der Waals surface area contributed by atoms with Crippen molar-refractivity contribution < 1.29 is 19.1 Å². The Morgan fingerprint density at radius 2 is 1.81 bits per heavy atom. The average molecular weight is 429 g/mol. The van der Waals surface area contributed by atoms with E-state index in [4.69, 9.17) is 4.74 Å². The number of nitrogens with zero attached hydrogens (tertiary/aromatic N) is 2. The lowest BCUT2D eigenvalue weighted by atomic mass is 9.82. The van der Waals surface area contributed by atoms with E-state index in [1.165, 1.54) is 4.90 Å². The van der Waals surface area contributed by atoms with Gasteiger partial charge in [-0.05, 0) is 49.9 Å². The number of hydrogen-bond donors (Lipinski definition) is 2. The van der Waals surface area contributed by atoms with E-state index in [1.54, 1.807) is 7.11 Å². The van der Waals surface area contributed by atoms with Gasteiger partial charge in [0.1, 0.15) is 11.3 Å². The van der Waals surface area contributed by atoms with Gasteiger partial charge in [-0.3, -0.25) is 14.5 Å². The minimum Gasteiger partial charge on any atom is -0.497 e. The molecule has 2 N–H and O–H groups in total. The summed E-state index contributed by atoms with van der Waals surface area (Å²) in [7, 11) is 1.66. The highest BCUT2D eigenvalue weighted by Gasteiger charge is 2.51. The molecule has 168 valence electrons. The number of hydrogen-bond acceptors (Lipinski definition) is 5. The van der Waals surface area contributed by atoms with Crippen LogP contribution in [0.4, 0.5) is 10.5 Å². The highest BCUT2D eigenvalue weighted by Crippen LogP contribution is 2.33. The molecule has 8 nitrogen and oxygen atoms in total. The van der Waals surface area contributed by atoms with Crippen molar-refractivity contribution in [3.63, 3.8) is 0 Å². The van der Waals surface area contributed by atoms with Crippen LogP contribution in [0, 0.1) is 0 Å². The van der Waals surface area contributed by atoms with Gasteiger partial charge in [0.05, 0.1) is 7.11 Å². The standard InChI is InChI=1S/C23H32N4O4/c1-31-19-7-5-18(6-8-19)26-14-9-17(10-15-26)24-20(28)11-16-27-21(29)23(25-22(27)30)12-3-2-4-13-23/h5-8,17H,2-4,9-16H2,1H3,(H,24,28)(H,25,30). The lowest BCUT2D eigenvalue weighted by molar-refractivity contribution is -0.132. The molecule has 8 heteroatoms. The van der Waals surface area contributed by atoms with Gasteiger partial charge in [0.15, 0.2) is 0 Å². The molecule has 0 radical (unpaired) electrons. The Hall–Kier alpha value is -2.77. The van der Waals surface area contributed by atoms with Crippen LogP contribution in [0.2, 0.25) is 0 Å². The van der Waals surface area contributed by atoms with Crippen molar-refractivity contribution >= 4 is 23.5 Å². The minimum atomic E-state index is -0.722. The van der Waals surface area contributed by atoms with Crippen molar-refractivity contribution in [1.29, 1.82) is 0 Å². The monoisotopic (exact) mass is 428 g/mol. The first-order chi connectivity index (χ1) is 15.0. The molecular weight excluding hydrogens is 396 g/mol. The Balaban J connectivity index is 1.22. The molecule has 1 aliphatic carbocycles. The predicted molar refractivity (Wildman–Crippen MR) is 117 cm³/mol. The molecule has 3 aliphatic rings. The zero-order valence-electron chi connectivity index (χ0n) is 18.2. The maximum atomic E-state index is 12.8. The molecule has 0 bridgehead atoms. The number of ether oxygens (including phenoxy) is 1. The number of methoxy groups -OCH3 is 1. The van der Waals surface area contributed by atoms with Crippen LogP contribution < -0.4 is 20.3 Å². The zero-order chi connectivity index (χ0) is 21.8. The van der Waals surface area contributed by atoms with Gasteiger partial charge in [0.25, 0.3) is 5.91 Å². The Morgan fingerprint density at radius 1 is 1.13 bits per heavy atom. The summed E-state index contributed by atoms with van der Waals surface area (Å²) < 4.78 is 5.21. The van der Waals surface area contributed by atoms with Gasteiger partial charge in [0.2, 0.25) is 5.91 Å². The molecule has 4 rings (SSSR count). The number of imide groups is 1. The molecule has 1 aromatic carbocycles. The van der Waals surface area contributed by atoms with E-state index in [2.05, 4.69) is 27.7 Å². The fourth-order valence-corrected chi connectivity index (χ4v) is 4.96. The van der Waals surface area contributed by atoms with Gasteiger partial charge in [-0.15, -0.1) is 0 Å². The van der Waals surface area contributed by atoms with Gasteiger partial charge < -0.3 is 20.3 Å². The topological polar surface area (TPSA) is 91.0 Å². The Kier molecular flexibility index (Phi) is 6.34. The SMILES string of the molecule is COc1ccc(N2CCC(NC(=O)CCN3C(=O)NC4(CCCCC4)C3=O)CC2)cc1. The first-order valence-corrected chi connectivity index (χ1v) is 11.3. The molecule has 0 atom stereocenters. The summed E-state index contributed by atoms with van der Waals surface area (Å²) in [6.07, 6.45) is 6.29. The normalized spacial score (nSPS) is 21.3. The summed E-state index contributed by atoms with van der Waals surface area (Å²) in [5.41, 5.74) is 0.431. The van der Waals surface area contributed by atoms with Crippen LogP contribution in [0.5, 0.6) is 5.75 Å². The maximum Gasteiger partial charge on any atom is 0.325 e. The molecule has 0 unspecified atom stereocenters. The average Bonchev–Trinajstić information content (AvgIpc) is 3.02. The van der Waals surface area contributed by atoms with Crippen molar-refractivity contribution in [2.24, 2.45) is 0 Å². The van der Waals surface area contributed by atoms with Crippen LogP contribution in [0.3, 0.4) is 0 Å².